The minimum Gasteiger partial charge on any atom is -0.391 e. The second kappa shape index (κ2) is 10.8. The molecule has 6 nitrogen and oxygen atoms in total. The number of amides is 2. The molecule has 139 valence electrons. The van der Waals surface area contributed by atoms with Crippen LogP contribution in [0.4, 0.5) is 0 Å². The minimum atomic E-state index is -1.03. The average molecular weight is 348 g/mol. The Kier molecular flexibility index (Phi) is 9.13. The van der Waals surface area contributed by atoms with Crippen molar-refractivity contribution in [2.24, 2.45) is 5.92 Å². The van der Waals surface area contributed by atoms with Crippen molar-refractivity contribution >= 4 is 11.8 Å². The molecule has 0 aromatic carbocycles. The number of nitrogens with zero attached hydrogens (tertiary/aromatic N) is 1. The zero-order chi connectivity index (χ0) is 18.8. The van der Waals surface area contributed by atoms with E-state index in [2.05, 4.69) is 22.5 Å². The second-order valence-corrected chi connectivity index (χ2v) is 6.69. The Bertz CT molecular complexity index is 541. The van der Waals surface area contributed by atoms with Gasteiger partial charge in [-0.15, -0.1) is 0 Å². The van der Waals surface area contributed by atoms with Gasteiger partial charge in [0, 0.05) is 12.7 Å². The van der Waals surface area contributed by atoms with Crippen molar-refractivity contribution in [1.29, 1.82) is 0 Å². The molecule has 1 heterocycles. The van der Waals surface area contributed by atoms with Crippen LogP contribution in [-0.4, -0.2) is 34.1 Å². The molecule has 1 rings (SSSR count). The fourth-order valence-corrected chi connectivity index (χ4v) is 2.19. The first-order valence-corrected chi connectivity index (χ1v) is 8.91. The lowest BCUT2D eigenvalue weighted by molar-refractivity contribution is -0.124. The summed E-state index contributed by atoms with van der Waals surface area (Å²) in [6, 6.07) is 2.48. The van der Waals surface area contributed by atoms with E-state index in [1.54, 1.807) is 18.8 Å². The number of unbranched alkanes of at least 4 members (excludes halogenated alkanes) is 1. The SMILES string of the molecule is CCCCc1ccc(C(=O)N[C@H](C(=O)N[CH]CC(C)C)[C@@H](C)O)nc1. The van der Waals surface area contributed by atoms with Gasteiger partial charge in [0.1, 0.15) is 11.7 Å². The number of pyridine rings is 1. The highest BCUT2D eigenvalue weighted by molar-refractivity contribution is 5.96. The van der Waals surface area contributed by atoms with Crippen LogP contribution in [0.5, 0.6) is 0 Å². The molecule has 0 spiro atoms. The molecule has 1 aromatic heterocycles. The summed E-state index contributed by atoms with van der Waals surface area (Å²) >= 11 is 0. The van der Waals surface area contributed by atoms with E-state index in [-0.39, 0.29) is 5.69 Å². The van der Waals surface area contributed by atoms with Crippen LogP contribution in [0.1, 0.15) is 63.0 Å². The van der Waals surface area contributed by atoms with Gasteiger partial charge in [-0.25, -0.2) is 0 Å². The van der Waals surface area contributed by atoms with E-state index >= 15 is 0 Å². The number of aromatic nitrogens is 1. The van der Waals surface area contributed by atoms with Gasteiger partial charge in [0.2, 0.25) is 5.91 Å². The molecule has 0 saturated carbocycles. The number of carbonyl (C=O) groups is 2. The molecule has 1 radical (unpaired) electrons. The van der Waals surface area contributed by atoms with E-state index in [1.165, 1.54) is 6.92 Å². The van der Waals surface area contributed by atoms with Gasteiger partial charge in [-0.2, -0.15) is 0 Å². The van der Waals surface area contributed by atoms with Gasteiger partial charge in [0.25, 0.3) is 5.91 Å². The number of hydrogen-bond acceptors (Lipinski definition) is 4. The topological polar surface area (TPSA) is 91.3 Å². The largest absolute Gasteiger partial charge is 0.391 e. The Morgan fingerprint density at radius 2 is 2.00 bits per heavy atom. The Balaban J connectivity index is 2.64. The molecular formula is C19H30N3O3. The van der Waals surface area contributed by atoms with Crippen molar-refractivity contribution in [2.45, 2.75) is 65.5 Å². The third-order valence-corrected chi connectivity index (χ3v) is 3.76. The number of aliphatic hydroxyl groups is 1. The average Bonchev–Trinajstić information content (AvgIpc) is 2.57. The molecule has 25 heavy (non-hydrogen) atoms. The summed E-state index contributed by atoms with van der Waals surface area (Å²) in [6.45, 7) is 9.30. The quantitative estimate of drug-likeness (QED) is 0.605. The van der Waals surface area contributed by atoms with E-state index in [9.17, 15) is 14.7 Å². The summed E-state index contributed by atoms with van der Waals surface area (Å²) < 4.78 is 0. The van der Waals surface area contributed by atoms with Crippen LogP contribution in [0, 0.1) is 12.5 Å². The maximum absolute atomic E-state index is 12.3. The maximum Gasteiger partial charge on any atom is 0.270 e. The van der Waals surface area contributed by atoms with Gasteiger partial charge in [-0.05, 0) is 43.7 Å². The normalized spacial score (nSPS) is 13.4. The highest BCUT2D eigenvalue weighted by Crippen LogP contribution is 2.06. The minimum absolute atomic E-state index is 0.227. The fraction of sp³-hybridized carbons (Fsp3) is 0.579. The Hall–Kier alpha value is -1.95. The highest BCUT2D eigenvalue weighted by Gasteiger charge is 2.26. The summed E-state index contributed by atoms with van der Waals surface area (Å²) in [5.74, 6) is -0.508. The van der Waals surface area contributed by atoms with E-state index in [4.69, 9.17) is 0 Å². The van der Waals surface area contributed by atoms with E-state index in [0.717, 1.165) is 24.8 Å². The van der Waals surface area contributed by atoms with Gasteiger partial charge in [0.15, 0.2) is 0 Å². The number of nitrogens with one attached hydrogen (secondary N) is 2. The van der Waals surface area contributed by atoms with Crippen molar-refractivity contribution in [1.82, 2.24) is 15.6 Å². The Labute approximate surface area is 150 Å². The van der Waals surface area contributed by atoms with Crippen LogP contribution in [0.3, 0.4) is 0 Å². The van der Waals surface area contributed by atoms with Gasteiger partial charge < -0.3 is 15.7 Å². The smallest absolute Gasteiger partial charge is 0.270 e. The molecule has 0 unspecified atom stereocenters. The van der Waals surface area contributed by atoms with Gasteiger partial charge in [-0.3, -0.25) is 14.6 Å². The van der Waals surface area contributed by atoms with Crippen LogP contribution in [-0.2, 0) is 11.2 Å². The molecule has 1 aromatic rings. The van der Waals surface area contributed by atoms with Crippen molar-refractivity contribution in [3.05, 3.63) is 36.1 Å². The van der Waals surface area contributed by atoms with Crippen molar-refractivity contribution in [2.75, 3.05) is 0 Å². The molecule has 3 N–H and O–H groups in total. The highest BCUT2D eigenvalue weighted by atomic mass is 16.3. The molecule has 0 saturated heterocycles. The third-order valence-electron chi connectivity index (χ3n) is 3.76. The lowest BCUT2D eigenvalue weighted by atomic mass is 10.1. The Morgan fingerprint density at radius 3 is 2.52 bits per heavy atom. The second-order valence-electron chi connectivity index (χ2n) is 6.69. The number of carbonyl (C=O) groups excluding carboxylic acids is 2. The van der Waals surface area contributed by atoms with Gasteiger partial charge in [-0.1, -0.05) is 33.3 Å². The summed E-state index contributed by atoms with van der Waals surface area (Å²) in [6.07, 6.45) is 4.48. The first-order chi connectivity index (χ1) is 11.8. The number of rotatable bonds is 10. The molecule has 0 aliphatic carbocycles. The lowest BCUT2D eigenvalue weighted by Crippen LogP contribution is -2.52. The van der Waals surface area contributed by atoms with Gasteiger partial charge in [0.05, 0.1) is 6.10 Å². The van der Waals surface area contributed by atoms with Crippen molar-refractivity contribution < 1.29 is 14.7 Å². The van der Waals surface area contributed by atoms with Gasteiger partial charge >= 0.3 is 0 Å². The summed E-state index contributed by atoms with van der Waals surface area (Å²) in [4.78, 5) is 28.6. The maximum atomic E-state index is 12.3. The van der Waals surface area contributed by atoms with Crippen molar-refractivity contribution in [3.63, 3.8) is 0 Å². The summed E-state index contributed by atoms with van der Waals surface area (Å²) in [5, 5.41) is 15.0. The number of aliphatic hydroxyl groups excluding tert-OH is 1. The van der Waals surface area contributed by atoms with E-state index in [1.807, 2.05) is 19.9 Å². The predicted molar refractivity (Wildman–Crippen MR) is 97.7 cm³/mol. The molecule has 0 aliphatic rings. The van der Waals surface area contributed by atoms with E-state index < -0.39 is 24.0 Å². The van der Waals surface area contributed by atoms with Crippen LogP contribution >= 0.6 is 0 Å². The van der Waals surface area contributed by atoms with Crippen LogP contribution < -0.4 is 10.6 Å². The monoisotopic (exact) mass is 348 g/mol. The van der Waals surface area contributed by atoms with Crippen molar-refractivity contribution in [3.8, 4) is 0 Å². The Morgan fingerprint density at radius 1 is 1.28 bits per heavy atom. The van der Waals surface area contributed by atoms with E-state index in [0.29, 0.717) is 12.3 Å². The molecule has 0 fully saturated rings. The number of hydrogen-bond donors (Lipinski definition) is 3. The zero-order valence-electron chi connectivity index (χ0n) is 15.6. The summed E-state index contributed by atoms with van der Waals surface area (Å²) in [5.41, 5.74) is 1.30. The third kappa shape index (κ3) is 7.65. The standard InChI is InChI=1S/C19H30N3O3/c1-5-6-7-15-8-9-16(21-12-15)18(24)22-17(14(4)23)19(25)20-11-10-13(2)3/h8-9,11-14,17,23H,5-7,10H2,1-4H3,(H,20,25)(H,22,24)/t14-,17+/m1/s1. The first-order valence-electron chi connectivity index (χ1n) is 8.91. The summed E-state index contributed by atoms with van der Waals surface area (Å²) in [7, 11) is 0. The van der Waals surface area contributed by atoms with Crippen LogP contribution in [0.25, 0.3) is 0 Å². The molecule has 2 atom stereocenters. The number of aryl methyl sites for hydroxylation is 1. The molecule has 0 bridgehead atoms. The predicted octanol–water partition coefficient (Wildman–Crippen LogP) is 2.23. The zero-order valence-corrected chi connectivity index (χ0v) is 15.6. The lowest BCUT2D eigenvalue weighted by Gasteiger charge is -2.20. The van der Waals surface area contributed by atoms with Crippen LogP contribution in [0.2, 0.25) is 0 Å². The molecule has 2 amide bonds. The molecular weight excluding hydrogens is 318 g/mol. The van der Waals surface area contributed by atoms with Crippen LogP contribution in [0.15, 0.2) is 18.3 Å². The molecule has 6 heteroatoms. The molecule has 0 aliphatic heterocycles. The first kappa shape index (κ1) is 21.1. The fourth-order valence-electron chi connectivity index (χ4n) is 2.19.